The largest absolute Gasteiger partial charge is 0.343 e. The van der Waals surface area contributed by atoms with Gasteiger partial charge in [0.05, 0.1) is 5.41 Å². The van der Waals surface area contributed by atoms with Crippen molar-refractivity contribution in [3.05, 3.63) is 82.3 Å². The van der Waals surface area contributed by atoms with Crippen LogP contribution in [-0.4, -0.2) is 35.3 Å². The average molecular weight is 423 g/mol. The average Bonchev–Trinajstić information content (AvgIpc) is 3.29. The number of hydrogen-bond acceptors (Lipinski definition) is 5. The molecule has 2 heterocycles. The summed E-state index contributed by atoms with van der Waals surface area (Å²) in [5.74, 6) is -0.180. The topological polar surface area (TPSA) is 88.3 Å². The summed E-state index contributed by atoms with van der Waals surface area (Å²) in [4.78, 5) is 32.0. The normalized spacial score (nSPS) is 12.3. The summed E-state index contributed by atoms with van der Waals surface area (Å²) in [6.07, 6.45) is 3.24. The molecule has 6 nitrogen and oxygen atoms in total. The van der Waals surface area contributed by atoms with Gasteiger partial charge in [0.1, 0.15) is 0 Å². The molecule has 7 heteroatoms. The number of rotatable bonds is 7. The van der Waals surface area contributed by atoms with Crippen molar-refractivity contribution < 1.29 is 9.59 Å². The van der Waals surface area contributed by atoms with Crippen molar-refractivity contribution in [2.75, 3.05) is 18.9 Å². The van der Waals surface area contributed by atoms with Crippen LogP contribution in [0.4, 0.5) is 5.69 Å². The van der Waals surface area contributed by atoms with Crippen LogP contribution < -0.4 is 11.1 Å². The first-order valence-electron chi connectivity index (χ1n) is 9.65. The van der Waals surface area contributed by atoms with Gasteiger partial charge in [0.15, 0.2) is 0 Å². The molecule has 0 saturated heterocycles. The number of nitrogens with two attached hydrogens (primary N) is 1. The number of likely N-dealkylation sites (N-methyl/N-ethyl adjacent to an activating group) is 1. The Labute approximate surface area is 180 Å². The zero-order chi connectivity index (χ0) is 21.7. The summed E-state index contributed by atoms with van der Waals surface area (Å²) < 4.78 is 0. The number of thiophene rings is 1. The number of nitrogens with zero attached hydrogens (tertiary/aromatic N) is 2. The Morgan fingerprint density at radius 1 is 1.13 bits per heavy atom. The monoisotopic (exact) mass is 422 g/mol. The van der Waals surface area contributed by atoms with E-state index in [0.29, 0.717) is 17.8 Å². The van der Waals surface area contributed by atoms with E-state index in [1.54, 1.807) is 59.9 Å². The van der Waals surface area contributed by atoms with Crippen LogP contribution in [0, 0.1) is 0 Å². The van der Waals surface area contributed by atoms with Gasteiger partial charge in [-0.3, -0.25) is 14.6 Å². The molecule has 3 aromatic rings. The van der Waals surface area contributed by atoms with E-state index < -0.39 is 5.41 Å². The molecular formula is C23H26N4O2S. The van der Waals surface area contributed by atoms with Gasteiger partial charge >= 0.3 is 0 Å². The van der Waals surface area contributed by atoms with Crippen molar-refractivity contribution in [1.29, 1.82) is 0 Å². The lowest BCUT2D eigenvalue weighted by molar-refractivity contribution is -0.135. The van der Waals surface area contributed by atoms with Gasteiger partial charge < -0.3 is 16.0 Å². The van der Waals surface area contributed by atoms with Gasteiger partial charge in [-0.25, -0.2) is 0 Å². The molecule has 0 aliphatic rings. The summed E-state index contributed by atoms with van der Waals surface area (Å²) >= 11 is 1.58. The van der Waals surface area contributed by atoms with Crippen LogP contribution in [0.25, 0.3) is 0 Å². The lowest BCUT2D eigenvalue weighted by Crippen LogP contribution is -2.43. The smallest absolute Gasteiger partial charge is 0.255 e. The minimum absolute atomic E-state index is 0.0220. The number of amides is 2. The number of hydrogen-bond donors (Lipinski definition) is 2. The highest BCUT2D eigenvalue weighted by Gasteiger charge is 2.33. The first-order valence-corrected chi connectivity index (χ1v) is 10.5. The Morgan fingerprint density at radius 3 is 2.40 bits per heavy atom. The molecular weight excluding hydrogens is 396 g/mol. The summed E-state index contributed by atoms with van der Waals surface area (Å²) in [6, 6.07) is 14.2. The van der Waals surface area contributed by atoms with Gasteiger partial charge in [0, 0.05) is 48.2 Å². The Kier molecular flexibility index (Phi) is 6.64. The lowest BCUT2D eigenvalue weighted by atomic mass is 9.89. The highest BCUT2D eigenvalue weighted by molar-refractivity contribution is 7.10. The van der Waals surface area contributed by atoms with Crippen LogP contribution in [0.1, 0.15) is 40.7 Å². The fraction of sp³-hybridized carbons (Fsp3) is 0.261. The Balaban J connectivity index is 1.62. The molecule has 30 heavy (non-hydrogen) atoms. The van der Waals surface area contributed by atoms with Gasteiger partial charge in [-0.2, -0.15) is 0 Å². The van der Waals surface area contributed by atoms with E-state index in [0.717, 1.165) is 10.4 Å². The highest BCUT2D eigenvalue weighted by atomic mass is 32.1. The molecule has 1 atom stereocenters. The summed E-state index contributed by atoms with van der Waals surface area (Å²) in [5, 5.41) is 4.80. The fourth-order valence-corrected chi connectivity index (χ4v) is 4.06. The SMILES string of the molecule is CN(CC(N)c1ccc(C(=O)Nc2ccncc2)cc1)C(=O)C(C)(C)c1cccs1. The van der Waals surface area contributed by atoms with E-state index in [1.807, 2.05) is 43.5 Å². The van der Waals surface area contributed by atoms with Gasteiger partial charge in [-0.1, -0.05) is 18.2 Å². The molecule has 1 unspecified atom stereocenters. The van der Waals surface area contributed by atoms with E-state index in [4.69, 9.17) is 5.73 Å². The van der Waals surface area contributed by atoms with Gasteiger partial charge in [-0.15, -0.1) is 11.3 Å². The standard InChI is InChI=1S/C23H26N4O2S/c1-23(2,20-5-4-14-30-20)22(29)27(3)15-19(24)16-6-8-17(9-7-16)21(28)26-18-10-12-25-13-11-18/h4-14,19H,15,24H2,1-3H3,(H,25,26,28). The summed E-state index contributed by atoms with van der Waals surface area (Å²) in [6.45, 7) is 4.25. The molecule has 1 aromatic carbocycles. The van der Waals surface area contributed by atoms with E-state index >= 15 is 0 Å². The number of carbonyl (C=O) groups is 2. The third kappa shape index (κ3) is 4.93. The fourth-order valence-electron chi connectivity index (χ4n) is 3.22. The molecule has 156 valence electrons. The van der Waals surface area contributed by atoms with Crippen molar-refractivity contribution in [2.45, 2.75) is 25.3 Å². The zero-order valence-electron chi connectivity index (χ0n) is 17.3. The number of nitrogens with one attached hydrogen (secondary N) is 1. The lowest BCUT2D eigenvalue weighted by Gasteiger charge is -2.30. The van der Waals surface area contributed by atoms with Crippen LogP contribution >= 0.6 is 11.3 Å². The molecule has 0 aliphatic heterocycles. The minimum atomic E-state index is -0.600. The molecule has 0 aliphatic carbocycles. The van der Waals surface area contributed by atoms with Crippen molar-refractivity contribution in [3.63, 3.8) is 0 Å². The maximum atomic E-state index is 13.0. The zero-order valence-corrected chi connectivity index (χ0v) is 18.1. The third-order valence-corrected chi connectivity index (χ3v) is 6.22. The van der Waals surface area contributed by atoms with Crippen molar-refractivity contribution in [3.8, 4) is 0 Å². The maximum absolute atomic E-state index is 13.0. The second kappa shape index (κ2) is 9.19. The Bertz CT molecular complexity index is 986. The predicted octanol–water partition coefficient (Wildman–Crippen LogP) is 3.83. The molecule has 0 fully saturated rings. The molecule has 2 amide bonds. The van der Waals surface area contributed by atoms with Crippen molar-refractivity contribution in [1.82, 2.24) is 9.88 Å². The van der Waals surface area contributed by atoms with E-state index in [1.165, 1.54) is 0 Å². The van der Waals surface area contributed by atoms with Crippen molar-refractivity contribution >= 4 is 28.8 Å². The molecule has 0 spiro atoms. The molecule has 0 bridgehead atoms. The van der Waals surface area contributed by atoms with Gasteiger partial charge in [-0.05, 0) is 55.1 Å². The van der Waals surface area contributed by atoms with Gasteiger partial charge in [0.25, 0.3) is 5.91 Å². The number of benzene rings is 1. The first-order chi connectivity index (χ1) is 14.3. The van der Waals surface area contributed by atoms with Crippen LogP contribution in [0.15, 0.2) is 66.3 Å². The quantitative estimate of drug-likeness (QED) is 0.606. The first kappa shape index (κ1) is 21.7. The molecule has 3 rings (SSSR count). The van der Waals surface area contributed by atoms with E-state index in [2.05, 4.69) is 10.3 Å². The van der Waals surface area contributed by atoms with Crippen molar-refractivity contribution in [2.24, 2.45) is 5.73 Å². The molecule has 0 saturated carbocycles. The second-order valence-electron chi connectivity index (χ2n) is 7.71. The molecule has 3 N–H and O–H groups in total. The molecule has 2 aromatic heterocycles. The highest BCUT2D eigenvalue weighted by Crippen LogP contribution is 2.29. The van der Waals surface area contributed by atoms with E-state index in [9.17, 15) is 9.59 Å². The number of aromatic nitrogens is 1. The van der Waals surface area contributed by atoms with Crippen LogP contribution in [-0.2, 0) is 10.2 Å². The number of carbonyl (C=O) groups excluding carboxylic acids is 2. The summed E-state index contributed by atoms with van der Waals surface area (Å²) in [7, 11) is 1.77. The second-order valence-corrected chi connectivity index (χ2v) is 8.65. The van der Waals surface area contributed by atoms with Gasteiger partial charge in [0.2, 0.25) is 5.91 Å². The predicted molar refractivity (Wildman–Crippen MR) is 121 cm³/mol. The van der Waals surface area contributed by atoms with Crippen LogP contribution in [0.5, 0.6) is 0 Å². The van der Waals surface area contributed by atoms with Crippen LogP contribution in [0.3, 0.4) is 0 Å². The Hall–Kier alpha value is -3.03. The minimum Gasteiger partial charge on any atom is -0.343 e. The number of pyridine rings is 1. The summed E-state index contributed by atoms with van der Waals surface area (Å²) in [5.41, 5.74) is 7.83. The number of anilines is 1. The molecule has 0 radical (unpaired) electrons. The Morgan fingerprint density at radius 2 is 1.80 bits per heavy atom. The van der Waals surface area contributed by atoms with Crippen LogP contribution in [0.2, 0.25) is 0 Å². The van der Waals surface area contributed by atoms with E-state index in [-0.39, 0.29) is 17.9 Å². The maximum Gasteiger partial charge on any atom is 0.255 e. The third-order valence-electron chi connectivity index (χ3n) is 5.03.